The van der Waals surface area contributed by atoms with E-state index in [2.05, 4.69) is 21.5 Å². The lowest BCUT2D eigenvalue weighted by atomic mass is 10.3. The van der Waals surface area contributed by atoms with E-state index in [1.54, 1.807) is 28.7 Å². The van der Waals surface area contributed by atoms with Crippen LogP contribution in [0, 0.1) is 0 Å². The Labute approximate surface area is 130 Å². The second kappa shape index (κ2) is 5.87. The molecule has 108 valence electrons. The predicted molar refractivity (Wildman–Crippen MR) is 87.3 cm³/mol. The fourth-order valence-electron chi connectivity index (χ4n) is 2.02. The fourth-order valence-corrected chi connectivity index (χ4v) is 3.44. The topological polar surface area (TPSA) is 59.8 Å². The summed E-state index contributed by atoms with van der Waals surface area (Å²) < 4.78 is 2.73. The average molecular weight is 318 g/mol. The molecule has 2 heterocycles. The summed E-state index contributed by atoms with van der Waals surface area (Å²) in [5.74, 6) is -0.182. The zero-order valence-corrected chi connectivity index (χ0v) is 13.3. The number of aromatic nitrogens is 3. The molecule has 1 amide bonds. The van der Waals surface area contributed by atoms with Crippen LogP contribution in [0.3, 0.4) is 0 Å². The van der Waals surface area contributed by atoms with Gasteiger partial charge in [0.25, 0.3) is 5.91 Å². The Morgan fingerprint density at radius 1 is 1.43 bits per heavy atom. The molecule has 0 aliphatic carbocycles. The van der Waals surface area contributed by atoms with Gasteiger partial charge in [0.2, 0.25) is 0 Å². The van der Waals surface area contributed by atoms with Gasteiger partial charge in [0.05, 0.1) is 10.2 Å². The monoisotopic (exact) mass is 318 g/mol. The first kappa shape index (κ1) is 14.1. The summed E-state index contributed by atoms with van der Waals surface area (Å²) in [4.78, 5) is 17.9. The molecule has 0 spiro atoms. The van der Waals surface area contributed by atoms with Crippen molar-refractivity contribution in [2.45, 2.75) is 18.4 Å². The van der Waals surface area contributed by atoms with Crippen LogP contribution in [0.5, 0.6) is 0 Å². The van der Waals surface area contributed by atoms with Crippen LogP contribution in [0.1, 0.15) is 17.4 Å². The van der Waals surface area contributed by atoms with Crippen molar-refractivity contribution in [3.63, 3.8) is 0 Å². The molecule has 0 unspecified atom stereocenters. The van der Waals surface area contributed by atoms with Crippen LogP contribution < -0.4 is 5.32 Å². The normalized spacial score (nSPS) is 11.0. The fraction of sp³-hybridized carbons (Fsp3) is 0.214. The van der Waals surface area contributed by atoms with Crippen molar-refractivity contribution < 1.29 is 4.79 Å². The first-order valence-electron chi connectivity index (χ1n) is 6.49. The third kappa shape index (κ3) is 2.79. The summed E-state index contributed by atoms with van der Waals surface area (Å²) in [7, 11) is 0. The molecule has 0 saturated heterocycles. The summed E-state index contributed by atoms with van der Waals surface area (Å²) in [6, 6.07) is 7.80. The van der Waals surface area contributed by atoms with E-state index in [0.717, 1.165) is 10.2 Å². The number of hydrogen-bond donors (Lipinski definition) is 1. The van der Waals surface area contributed by atoms with Crippen LogP contribution in [-0.2, 0) is 6.54 Å². The van der Waals surface area contributed by atoms with Crippen molar-refractivity contribution in [2.75, 3.05) is 11.6 Å². The third-order valence-electron chi connectivity index (χ3n) is 3.06. The second-order valence-corrected chi connectivity index (χ2v) is 6.25. The molecule has 7 heteroatoms. The van der Waals surface area contributed by atoms with Crippen molar-refractivity contribution >= 4 is 44.4 Å². The third-order valence-corrected chi connectivity index (χ3v) is 4.72. The Bertz CT molecular complexity index is 793. The quantitative estimate of drug-likeness (QED) is 0.748. The van der Waals surface area contributed by atoms with Gasteiger partial charge in [0, 0.05) is 17.6 Å². The maximum absolute atomic E-state index is 12.2. The zero-order chi connectivity index (χ0) is 14.8. The number of hydrogen-bond acceptors (Lipinski definition) is 5. The number of benzene rings is 1. The van der Waals surface area contributed by atoms with Gasteiger partial charge in [-0.3, -0.25) is 14.8 Å². The Hall–Kier alpha value is -1.86. The first-order valence-corrected chi connectivity index (χ1v) is 8.53. The van der Waals surface area contributed by atoms with E-state index >= 15 is 0 Å². The number of fused-ring (bicyclic) bond motifs is 1. The molecule has 3 rings (SSSR count). The molecule has 21 heavy (non-hydrogen) atoms. The van der Waals surface area contributed by atoms with Gasteiger partial charge >= 0.3 is 0 Å². The molecule has 5 nitrogen and oxygen atoms in total. The van der Waals surface area contributed by atoms with E-state index in [-0.39, 0.29) is 5.91 Å². The molecule has 3 aromatic rings. The smallest absolute Gasteiger partial charge is 0.275 e. The van der Waals surface area contributed by atoms with Crippen molar-refractivity contribution in [1.29, 1.82) is 0 Å². The van der Waals surface area contributed by atoms with E-state index in [1.807, 2.05) is 25.3 Å². The number of anilines is 1. The molecule has 0 aliphatic heterocycles. The lowest BCUT2D eigenvalue weighted by molar-refractivity contribution is 0.101. The molecule has 0 radical (unpaired) electrons. The zero-order valence-electron chi connectivity index (χ0n) is 11.7. The summed E-state index contributed by atoms with van der Waals surface area (Å²) in [5, 5.41) is 7.55. The molecule has 0 atom stereocenters. The SMILES string of the molecule is CCn1nccc1C(=O)Nc1nc2ccc(SC)cc2s1. The molecule has 0 saturated carbocycles. The van der Waals surface area contributed by atoms with Gasteiger partial charge in [-0.1, -0.05) is 11.3 Å². The highest BCUT2D eigenvalue weighted by atomic mass is 32.2. The lowest BCUT2D eigenvalue weighted by Gasteiger charge is -2.03. The summed E-state index contributed by atoms with van der Waals surface area (Å²) in [5.41, 5.74) is 1.44. The number of nitrogens with one attached hydrogen (secondary N) is 1. The minimum atomic E-state index is -0.182. The van der Waals surface area contributed by atoms with Gasteiger partial charge < -0.3 is 0 Å². The van der Waals surface area contributed by atoms with Crippen LogP contribution in [0.4, 0.5) is 5.13 Å². The van der Waals surface area contributed by atoms with Crippen molar-refractivity contribution in [3.05, 3.63) is 36.2 Å². The molecule has 0 aliphatic rings. The largest absolute Gasteiger partial charge is 0.296 e. The van der Waals surface area contributed by atoms with E-state index in [1.165, 1.54) is 16.2 Å². The minimum absolute atomic E-state index is 0.182. The van der Waals surface area contributed by atoms with Gasteiger partial charge in [-0.25, -0.2) is 4.98 Å². The average Bonchev–Trinajstić information content (AvgIpc) is 3.11. The van der Waals surface area contributed by atoms with Crippen LogP contribution >= 0.6 is 23.1 Å². The number of thioether (sulfide) groups is 1. The maximum Gasteiger partial charge on any atom is 0.275 e. The van der Waals surface area contributed by atoms with Gasteiger partial charge in [-0.2, -0.15) is 5.10 Å². The predicted octanol–water partition coefficient (Wildman–Crippen LogP) is 3.49. The number of aryl methyl sites for hydroxylation is 1. The molecule has 1 aromatic carbocycles. The second-order valence-electron chi connectivity index (χ2n) is 4.34. The molecule has 1 N–H and O–H groups in total. The number of amides is 1. The van der Waals surface area contributed by atoms with Crippen molar-refractivity contribution in [1.82, 2.24) is 14.8 Å². The van der Waals surface area contributed by atoms with Gasteiger partial charge in [-0.15, -0.1) is 11.8 Å². The highest BCUT2D eigenvalue weighted by Gasteiger charge is 2.13. The molecule has 0 fully saturated rings. The van der Waals surface area contributed by atoms with Crippen molar-refractivity contribution in [3.8, 4) is 0 Å². The van der Waals surface area contributed by atoms with Crippen LogP contribution in [0.15, 0.2) is 35.4 Å². The van der Waals surface area contributed by atoms with Crippen molar-refractivity contribution in [2.24, 2.45) is 0 Å². The molecular weight excluding hydrogens is 304 g/mol. The number of rotatable bonds is 4. The lowest BCUT2D eigenvalue weighted by Crippen LogP contribution is -2.17. The maximum atomic E-state index is 12.2. The molecule has 0 bridgehead atoms. The standard InChI is InChI=1S/C14H14N4OS2/c1-3-18-11(6-7-15-18)13(19)17-14-16-10-5-4-9(20-2)8-12(10)21-14/h4-8H,3H2,1-2H3,(H,16,17,19). The first-order chi connectivity index (χ1) is 10.2. The Morgan fingerprint density at radius 3 is 3.05 bits per heavy atom. The van der Waals surface area contributed by atoms with Gasteiger partial charge in [0.15, 0.2) is 5.13 Å². The molecular formula is C14H14N4OS2. The highest BCUT2D eigenvalue weighted by Crippen LogP contribution is 2.29. The number of carbonyl (C=O) groups excluding carboxylic acids is 1. The van der Waals surface area contributed by atoms with Gasteiger partial charge in [0.1, 0.15) is 5.69 Å². The van der Waals surface area contributed by atoms with E-state index in [0.29, 0.717) is 17.4 Å². The number of carbonyl (C=O) groups is 1. The summed E-state index contributed by atoms with van der Waals surface area (Å²) >= 11 is 3.17. The Balaban J connectivity index is 1.86. The Morgan fingerprint density at radius 2 is 2.29 bits per heavy atom. The number of thiazole rings is 1. The minimum Gasteiger partial charge on any atom is -0.296 e. The summed E-state index contributed by atoms with van der Waals surface area (Å²) in [6.07, 6.45) is 3.66. The summed E-state index contributed by atoms with van der Waals surface area (Å²) in [6.45, 7) is 2.61. The Kier molecular flexibility index (Phi) is 3.94. The molecule has 2 aromatic heterocycles. The number of nitrogens with zero attached hydrogens (tertiary/aromatic N) is 3. The van der Waals surface area contributed by atoms with Crippen LogP contribution in [0.25, 0.3) is 10.2 Å². The van der Waals surface area contributed by atoms with Crippen LogP contribution in [-0.4, -0.2) is 26.9 Å². The highest BCUT2D eigenvalue weighted by molar-refractivity contribution is 7.98. The van der Waals surface area contributed by atoms with E-state index in [9.17, 15) is 4.79 Å². The van der Waals surface area contributed by atoms with Crippen LogP contribution in [0.2, 0.25) is 0 Å². The van der Waals surface area contributed by atoms with Gasteiger partial charge in [-0.05, 0) is 37.4 Å². The van der Waals surface area contributed by atoms with E-state index in [4.69, 9.17) is 0 Å². The van der Waals surface area contributed by atoms with E-state index < -0.39 is 0 Å².